The molecule has 0 radical (unpaired) electrons. The van der Waals surface area contributed by atoms with Gasteiger partial charge in [0.1, 0.15) is 12.2 Å². The van der Waals surface area contributed by atoms with Crippen LogP contribution in [0.2, 0.25) is 0 Å². The topological polar surface area (TPSA) is 77.0 Å². The molecular formula is C10H14N4O2. The average molecular weight is 222 g/mol. The van der Waals surface area contributed by atoms with Gasteiger partial charge in [-0.05, 0) is 13.3 Å². The minimum atomic E-state index is -0.551. The van der Waals surface area contributed by atoms with Gasteiger partial charge in [-0.25, -0.2) is 4.68 Å². The predicted octanol–water partition coefficient (Wildman–Crippen LogP) is 1.07. The second-order valence-corrected chi connectivity index (χ2v) is 3.70. The molecule has 2 heterocycles. The minimum Gasteiger partial charge on any atom is -0.387 e. The van der Waals surface area contributed by atoms with E-state index in [1.165, 1.54) is 0 Å². The van der Waals surface area contributed by atoms with Crippen molar-refractivity contribution in [3.05, 3.63) is 29.4 Å². The lowest BCUT2D eigenvalue weighted by Crippen LogP contribution is -1.99. The third kappa shape index (κ3) is 2.27. The fraction of sp³-hybridized carbons (Fsp3) is 0.500. The third-order valence-corrected chi connectivity index (χ3v) is 2.28. The fourth-order valence-corrected chi connectivity index (χ4v) is 1.40. The summed E-state index contributed by atoms with van der Waals surface area (Å²) in [6, 6.07) is 1.84. The van der Waals surface area contributed by atoms with Gasteiger partial charge in [-0.1, -0.05) is 17.3 Å². The Kier molecular flexibility index (Phi) is 3.00. The van der Waals surface area contributed by atoms with Gasteiger partial charge in [0, 0.05) is 6.07 Å². The molecule has 0 fully saturated rings. The first-order chi connectivity index (χ1) is 7.69. The summed E-state index contributed by atoms with van der Waals surface area (Å²) in [6.45, 7) is 4.23. The molecule has 1 N–H and O–H groups in total. The molecule has 2 rings (SSSR count). The number of aliphatic hydroxyl groups is 1. The summed E-state index contributed by atoms with van der Waals surface area (Å²) in [5.41, 5.74) is 1.42. The first kappa shape index (κ1) is 10.8. The van der Waals surface area contributed by atoms with Crippen LogP contribution >= 0.6 is 0 Å². The molecule has 0 amide bonds. The SMILES string of the molecule is CCC(O)c1cn(Cc2cc(C)no2)nn1. The summed E-state index contributed by atoms with van der Waals surface area (Å²) < 4.78 is 6.68. The quantitative estimate of drug-likeness (QED) is 0.837. The van der Waals surface area contributed by atoms with Gasteiger partial charge < -0.3 is 9.63 Å². The predicted molar refractivity (Wildman–Crippen MR) is 55.6 cm³/mol. The Labute approximate surface area is 92.9 Å². The van der Waals surface area contributed by atoms with Crippen molar-refractivity contribution in [1.29, 1.82) is 0 Å². The summed E-state index contributed by atoms with van der Waals surface area (Å²) in [5.74, 6) is 0.722. The molecule has 2 aromatic heterocycles. The van der Waals surface area contributed by atoms with E-state index in [1.54, 1.807) is 10.9 Å². The van der Waals surface area contributed by atoms with Crippen LogP contribution in [0.25, 0.3) is 0 Å². The summed E-state index contributed by atoms with van der Waals surface area (Å²) >= 11 is 0. The van der Waals surface area contributed by atoms with Gasteiger partial charge in [0.15, 0.2) is 5.76 Å². The molecule has 0 saturated heterocycles. The van der Waals surface area contributed by atoms with Crippen LogP contribution in [-0.4, -0.2) is 25.3 Å². The maximum atomic E-state index is 9.56. The Bertz CT molecular complexity index is 463. The van der Waals surface area contributed by atoms with Crippen molar-refractivity contribution in [2.24, 2.45) is 0 Å². The van der Waals surface area contributed by atoms with Crippen LogP contribution in [0.15, 0.2) is 16.8 Å². The molecule has 6 nitrogen and oxygen atoms in total. The highest BCUT2D eigenvalue weighted by Crippen LogP contribution is 2.12. The number of aliphatic hydroxyl groups excluding tert-OH is 1. The molecule has 1 unspecified atom stereocenters. The van der Waals surface area contributed by atoms with E-state index < -0.39 is 6.10 Å². The second kappa shape index (κ2) is 4.44. The largest absolute Gasteiger partial charge is 0.387 e. The van der Waals surface area contributed by atoms with Gasteiger partial charge in [0.25, 0.3) is 0 Å². The van der Waals surface area contributed by atoms with Crippen LogP contribution in [0.1, 0.15) is 36.6 Å². The summed E-state index contributed by atoms with van der Waals surface area (Å²) in [5, 5.41) is 21.1. The molecule has 0 bridgehead atoms. The monoisotopic (exact) mass is 222 g/mol. The van der Waals surface area contributed by atoms with Gasteiger partial charge in [-0.2, -0.15) is 0 Å². The van der Waals surface area contributed by atoms with Crippen molar-refractivity contribution in [2.75, 3.05) is 0 Å². The lowest BCUT2D eigenvalue weighted by atomic mass is 10.2. The van der Waals surface area contributed by atoms with Gasteiger partial charge in [-0.3, -0.25) is 0 Å². The van der Waals surface area contributed by atoms with Crippen molar-refractivity contribution in [1.82, 2.24) is 20.2 Å². The third-order valence-electron chi connectivity index (χ3n) is 2.28. The zero-order chi connectivity index (χ0) is 11.5. The van der Waals surface area contributed by atoms with Crippen LogP contribution in [0.3, 0.4) is 0 Å². The maximum Gasteiger partial charge on any atom is 0.158 e. The van der Waals surface area contributed by atoms with E-state index in [2.05, 4.69) is 15.5 Å². The molecule has 0 aliphatic heterocycles. The molecule has 0 aliphatic rings. The zero-order valence-electron chi connectivity index (χ0n) is 9.29. The Balaban J connectivity index is 2.08. The van der Waals surface area contributed by atoms with E-state index in [0.29, 0.717) is 18.7 Å². The number of nitrogens with zero attached hydrogens (tertiary/aromatic N) is 4. The molecule has 1 atom stereocenters. The molecule has 0 spiro atoms. The lowest BCUT2D eigenvalue weighted by molar-refractivity contribution is 0.168. The number of hydrogen-bond acceptors (Lipinski definition) is 5. The van der Waals surface area contributed by atoms with Crippen molar-refractivity contribution in [2.45, 2.75) is 32.9 Å². The summed E-state index contributed by atoms with van der Waals surface area (Å²) in [6.07, 6.45) is 1.79. The smallest absolute Gasteiger partial charge is 0.158 e. The maximum absolute atomic E-state index is 9.56. The van der Waals surface area contributed by atoms with E-state index in [-0.39, 0.29) is 0 Å². The van der Waals surface area contributed by atoms with Crippen LogP contribution < -0.4 is 0 Å². The van der Waals surface area contributed by atoms with Gasteiger partial charge >= 0.3 is 0 Å². The summed E-state index contributed by atoms with van der Waals surface area (Å²) in [4.78, 5) is 0. The Hall–Kier alpha value is -1.69. The summed E-state index contributed by atoms with van der Waals surface area (Å²) in [7, 11) is 0. The number of rotatable bonds is 4. The number of aryl methyl sites for hydroxylation is 1. The molecule has 0 saturated carbocycles. The molecule has 0 aliphatic carbocycles. The van der Waals surface area contributed by atoms with Gasteiger partial charge in [-0.15, -0.1) is 5.10 Å². The fourth-order valence-electron chi connectivity index (χ4n) is 1.40. The van der Waals surface area contributed by atoms with Crippen molar-refractivity contribution < 1.29 is 9.63 Å². The Morgan fingerprint density at radius 2 is 2.38 bits per heavy atom. The normalized spacial score (nSPS) is 12.9. The zero-order valence-corrected chi connectivity index (χ0v) is 9.29. The number of hydrogen-bond donors (Lipinski definition) is 1. The van der Waals surface area contributed by atoms with E-state index >= 15 is 0 Å². The molecular weight excluding hydrogens is 208 g/mol. The molecule has 86 valence electrons. The van der Waals surface area contributed by atoms with Gasteiger partial charge in [0.05, 0.1) is 18.0 Å². The number of aromatic nitrogens is 4. The standard InChI is InChI=1S/C10H14N4O2/c1-3-10(15)9-6-14(13-11-9)5-8-4-7(2)12-16-8/h4,6,10,15H,3,5H2,1-2H3. The highest BCUT2D eigenvalue weighted by Gasteiger charge is 2.10. The van der Waals surface area contributed by atoms with Crippen LogP contribution in [-0.2, 0) is 6.54 Å². The highest BCUT2D eigenvalue weighted by molar-refractivity contribution is 5.04. The lowest BCUT2D eigenvalue weighted by Gasteiger charge is -2.00. The first-order valence-electron chi connectivity index (χ1n) is 5.19. The van der Waals surface area contributed by atoms with Crippen molar-refractivity contribution >= 4 is 0 Å². The molecule has 16 heavy (non-hydrogen) atoms. The molecule has 2 aromatic rings. The van der Waals surface area contributed by atoms with Crippen LogP contribution in [0, 0.1) is 6.92 Å². The average Bonchev–Trinajstić information content (AvgIpc) is 2.87. The van der Waals surface area contributed by atoms with E-state index in [1.807, 2.05) is 19.9 Å². The second-order valence-electron chi connectivity index (χ2n) is 3.70. The minimum absolute atomic E-state index is 0.476. The van der Waals surface area contributed by atoms with Crippen molar-refractivity contribution in [3.63, 3.8) is 0 Å². The van der Waals surface area contributed by atoms with E-state index in [4.69, 9.17) is 4.52 Å². The van der Waals surface area contributed by atoms with E-state index in [0.717, 1.165) is 11.5 Å². The molecule has 0 aromatic carbocycles. The Morgan fingerprint density at radius 1 is 1.56 bits per heavy atom. The van der Waals surface area contributed by atoms with Gasteiger partial charge in [0.2, 0.25) is 0 Å². The van der Waals surface area contributed by atoms with E-state index in [9.17, 15) is 5.11 Å². The van der Waals surface area contributed by atoms with Crippen LogP contribution in [0.4, 0.5) is 0 Å². The Morgan fingerprint density at radius 3 is 3.00 bits per heavy atom. The highest BCUT2D eigenvalue weighted by atomic mass is 16.5. The first-order valence-corrected chi connectivity index (χ1v) is 5.19. The van der Waals surface area contributed by atoms with Crippen molar-refractivity contribution in [3.8, 4) is 0 Å². The molecule has 6 heteroatoms. The van der Waals surface area contributed by atoms with Crippen LogP contribution in [0.5, 0.6) is 0 Å².